The van der Waals surface area contributed by atoms with Crippen LogP contribution >= 0.6 is 0 Å². The molecule has 1 aliphatic heterocycles. The van der Waals surface area contributed by atoms with Gasteiger partial charge in [-0.1, -0.05) is 0 Å². The van der Waals surface area contributed by atoms with Crippen LogP contribution in [0.5, 0.6) is 5.75 Å². The third kappa shape index (κ3) is 4.71. The van der Waals surface area contributed by atoms with Crippen molar-refractivity contribution in [2.75, 3.05) is 43.5 Å². The van der Waals surface area contributed by atoms with Crippen LogP contribution in [0.3, 0.4) is 0 Å². The Morgan fingerprint density at radius 1 is 1.03 bits per heavy atom. The van der Waals surface area contributed by atoms with Crippen molar-refractivity contribution in [3.05, 3.63) is 47.4 Å². The van der Waals surface area contributed by atoms with Gasteiger partial charge in [-0.15, -0.1) is 0 Å². The van der Waals surface area contributed by atoms with Gasteiger partial charge < -0.3 is 15.0 Å². The topological polar surface area (TPSA) is 105 Å². The Bertz CT molecular complexity index is 1260. The highest BCUT2D eigenvalue weighted by Gasteiger charge is 2.33. The van der Waals surface area contributed by atoms with Gasteiger partial charge in [-0.3, -0.25) is 4.68 Å². The third-order valence-electron chi connectivity index (χ3n) is 5.94. The molecule has 182 valence electrons. The summed E-state index contributed by atoms with van der Waals surface area (Å²) in [7, 11) is -1.99. The summed E-state index contributed by atoms with van der Waals surface area (Å²) >= 11 is 0. The standard InChI is InChI=1S/C23H31N7O3S/c1-6-30-18(4)22(17(3)27-30)34(31,32)29-13-11-28(12-14-29)23-24-16(2)15-21(26-23)25-19-7-9-20(33-5)10-8-19/h7-10,15H,6,11-14H2,1-5H3,(H,24,25,26). The van der Waals surface area contributed by atoms with Crippen molar-refractivity contribution in [1.29, 1.82) is 0 Å². The van der Waals surface area contributed by atoms with Crippen LogP contribution in [0, 0.1) is 20.8 Å². The van der Waals surface area contributed by atoms with E-state index in [9.17, 15) is 8.42 Å². The van der Waals surface area contributed by atoms with Crippen LogP contribution in [0.1, 0.15) is 24.0 Å². The van der Waals surface area contributed by atoms with E-state index >= 15 is 0 Å². The summed E-state index contributed by atoms with van der Waals surface area (Å²) < 4.78 is 35.2. The highest BCUT2D eigenvalue weighted by atomic mass is 32.2. The molecule has 34 heavy (non-hydrogen) atoms. The Morgan fingerprint density at radius 2 is 1.71 bits per heavy atom. The average molecular weight is 486 g/mol. The number of sulfonamides is 1. The number of anilines is 3. The molecule has 2 aromatic heterocycles. The Hall–Kier alpha value is -3.18. The Labute approximate surface area is 200 Å². The number of nitrogens with zero attached hydrogens (tertiary/aromatic N) is 6. The van der Waals surface area contributed by atoms with E-state index in [1.807, 2.05) is 56.0 Å². The molecule has 10 nitrogen and oxygen atoms in total. The van der Waals surface area contributed by atoms with E-state index in [-0.39, 0.29) is 0 Å². The van der Waals surface area contributed by atoms with E-state index in [2.05, 4.69) is 20.4 Å². The molecule has 1 N–H and O–H groups in total. The third-order valence-corrected chi connectivity index (χ3v) is 8.09. The molecule has 3 heterocycles. The second kappa shape index (κ2) is 9.59. The molecule has 0 atom stereocenters. The minimum absolute atomic E-state index is 0.320. The molecule has 3 aromatic rings. The van der Waals surface area contributed by atoms with Gasteiger partial charge in [0.1, 0.15) is 16.5 Å². The Balaban J connectivity index is 1.48. The number of hydrogen-bond donors (Lipinski definition) is 1. The van der Waals surface area contributed by atoms with Gasteiger partial charge in [-0.2, -0.15) is 14.4 Å². The first kappa shape index (κ1) is 24.0. The fourth-order valence-electron chi connectivity index (χ4n) is 4.20. The van der Waals surface area contributed by atoms with E-state index in [0.717, 1.165) is 17.1 Å². The maximum Gasteiger partial charge on any atom is 0.246 e. The Kier molecular flexibility index (Phi) is 6.76. The van der Waals surface area contributed by atoms with Gasteiger partial charge in [0.2, 0.25) is 16.0 Å². The first-order chi connectivity index (χ1) is 16.2. The highest BCUT2D eigenvalue weighted by molar-refractivity contribution is 7.89. The molecule has 11 heteroatoms. The van der Waals surface area contributed by atoms with Crippen LogP contribution in [0.4, 0.5) is 17.5 Å². The summed E-state index contributed by atoms with van der Waals surface area (Å²) in [5.74, 6) is 2.05. The lowest BCUT2D eigenvalue weighted by Crippen LogP contribution is -2.49. The second-order valence-corrected chi connectivity index (χ2v) is 10.1. The normalized spacial score (nSPS) is 14.9. The lowest BCUT2D eigenvalue weighted by molar-refractivity contribution is 0.382. The van der Waals surface area contributed by atoms with E-state index in [0.29, 0.717) is 60.8 Å². The molecular formula is C23H31N7O3S. The van der Waals surface area contributed by atoms with E-state index in [1.54, 1.807) is 18.7 Å². The number of ether oxygens (including phenoxy) is 1. The predicted molar refractivity (Wildman–Crippen MR) is 131 cm³/mol. The minimum atomic E-state index is -3.62. The summed E-state index contributed by atoms with van der Waals surface area (Å²) in [6, 6.07) is 9.48. The van der Waals surface area contributed by atoms with Crippen molar-refractivity contribution in [3.63, 3.8) is 0 Å². The molecule has 1 aliphatic rings. The molecule has 0 unspecified atom stereocenters. The van der Waals surface area contributed by atoms with Crippen LogP contribution in [-0.4, -0.2) is 65.8 Å². The number of benzene rings is 1. The molecule has 1 saturated heterocycles. The second-order valence-electron chi connectivity index (χ2n) is 8.25. The average Bonchev–Trinajstić information content (AvgIpc) is 3.13. The van der Waals surface area contributed by atoms with Gasteiger partial charge in [-0.25, -0.2) is 13.4 Å². The molecule has 0 amide bonds. The maximum atomic E-state index is 13.4. The number of rotatable bonds is 7. The fraction of sp³-hybridized carbons (Fsp3) is 0.435. The van der Waals surface area contributed by atoms with Crippen molar-refractivity contribution >= 4 is 27.5 Å². The fourth-order valence-corrected chi connectivity index (χ4v) is 5.99. The monoisotopic (exact) mass is 485 g/mol. The summed E-state index contributed by atoms with van der Waals surface area (Å²) in [6.07, 6.45) is 0. The van der Waals surface area contributed by atoms with Crippen molar-refractivity contribution in [3.8, 4) is 5.75 Å². The summed E-state index contributed by atoms with van der Waals surface area (Å²) in [5.41, 5.74) is 2.94. The molecule has 0 spiro atoms. The molecule has 1 fully saturated rings. The first-order valence-corrected chi connectivity index (χ1v) is 12.7. The van der Waals surface area contributed by atoms with Crippen LogP contribution < -0.4 is 15.0 Å². The Morgan fingerprint density at radius 3 is 2.29 bits per heavy atom. The SMILES string of the molecule is CCn1nc(C)c(S(=O)(=O)N2CCN(c3nc(C)cc(Nc4ccc(OC)cc4)n3)CC2)c1C. The van der Waals surface area contributed by atoms with Crippen LogP contribution in [0.15, 0.2) is 35.2 Å². The van der Waals surface area contributed by atoms with Crippen LogP contribution in [-0.2, 0) is 16.6 Å². The number of nitrogens with one attached hydrogen (secondary N) is 1. The van der Waals surface area contributed by atoms with Crippen molar-refractivity contribution in [2.45, 2.75) is 39.1 Å². The lowest BCUT2D eigenvalue weighted by atomic mass is 10.3. The molecule has 4 rings (SSSR count). The molecule has 1 aromatic carbocycles. The number of aryl methyl sites for hydroxylation is 3. The van der Waals surface area contributed by atoms with Crippen molar-refractivity contribution in [2.24, 2.45) is 0 Å². The summed E-state index contributed by atoms with van der Waals surface area (Å²) in [4.78, 5) is 11.6. The van der Waals surface area contributed by atoms with Crippen LogP contribution in [0.2, 0.25) is 0 Å². The molecular weight excluding hydrogens is 454 g/mol. The zero-order valence-electron chi connectivity index (χ0n) is 20.2. The molecule has 0 bridgehead atoms. The molecule has 0 saturated carbocycles. The number of piperazine rings is 1. The molecule has 0 radical (unpaired) electrons. The van der Waals surface area contributed by atoms with Gasteiger partial charge in [0.25, 0.3) is 0 Å². The van der Waals surface area contributed by atoms with Gasteiger partial charge in [0.15, 0.2) is 0 Å². The largest absolute Gasteiger partial charge is 0.497 e. The quantitative estimate of drug-likeness (QED) is 0.545. The zero-order valence-corrected chi connectivity index (χ0v) is 21.1. The van der Waals surface area contributed by atoms with Gasteiger partial charge in [0, 0.05) is 50.2 Å². The lowest BCUT2D eigenvalue weighted by Gasteiger charge is -2.34. The van der Waals surface area contributed by atoms with Crippen molar-refractivity contribution < 1.29 is 13.2 Å². The minimum Gasteiger partial charge on any atom is -0.497 e. The van der Waals surface area contributed by atoms with Crippen LogP contribution in [0.25, 0.3) is 0 Å². The van der Waals surface area contributed by atoms with Gasteiger partial charge >= 0.3 is 0 Å². The zero-order chi connectivity index (χ0) is 24.5. The number of hydrogen-bond acceptors (Lipinski definition) is 8. The predicted octanol–water partition coefficient (Wildman–Crippen LogP) is 2.88. The maximum absolute atomic E-state index is 13.4. The van der Waals surface area contributed by atoms with E-state index < -0.39 is 10.0 Å². The first-order valence-electron chi connectivity index (χ1n) is 11.3. The summed E-state index contributed by atoms with van der Waals surface area (Å²) in [5, 5.41) is 7.68. The smallest absolute Gasteiger partial charge is 0.246 e. The van der Waals surface area contributed by atoms with Gasteiger partial charge in [-0.05, 0) is 52.0 Å². The molecule has 0 aliphatic carbocycles. The summed E-state index contributed by atoms with van der Waals surface area (Å²) in [6.45, 7) is 9.79. The van der Waals surface area contributed by atoms with Crippen molar-refractivity contribution in [1.82, 2.24) is 24.1 Å². The number of aromatic nitrogens is 4. The van der Waals surface area contributed by atoms with Gasteiger partial charge in [0.05, 0.1) is 18.5 Å². The highest BCUT2D eigenvalue weighted by Crippen LogP contribution is 2.26. The number of methoxy groups -OCH3 is 1. The van der Waals surface area contributed by atoms with E-state index in [4.69, 9.17) is 4.74 Å². The van der Waals surface area contributed by atoms with E-state index in [1.165, 1.54) is 4.31 Å².